The number of hydrogen-bond acceptors (Lipinski definition) is 3. The van der Waals surface area contributed by atoms with Gasteiger partial charge in [-0.15, -0.1) is 0 Å². The number of rotatable bonds is 8. The molecule has 5 nitrogen and oxygen atoms in total. The number of nitrogens with one attached hydrogen (secondary N) is 1. The minimum atomic E-state index is 0.468. The summed E-state index contributed by atoms with van der Waals surface area (Å²) < 4.78 is 5.59. The number of nitrogens with two attached hydrogens (primary N) is 1. The van der Waals surface area contributed by atoms with Gasteiger partial charge in [0.25, 0.3) is 0 Å². The van der Waals surface area contributed by atoms with Crippen LogP contribution >= 0.6 is 0 Å². The number of ether oxygens (including phenoxy) is 1. The van der Waals surface area contributed by atoms with Gasteiger partial charge in [0.2, 0.25) is 5.88 Å². The van der Waals surface area contributed by atoms with E-state index in [1.165, 1.54) is 0 Å². The Bertz CT molecular complexity index is 418. The lowest BCUT2D eigenvalue weighted by atomic mass is 10.1. The molecule has 0 aromatic carbocycles. The molecular formula is C15H26N4O. The average Bonchev–Trinajstić information content (AvgIpc) is 2.43. The van der Waals surface area contributed by atoms with Crippen LogP contribution in [0.15, 0.2) is 23.3 Å². The van der Waals surface area contributed by atoms with Crippen LogP contribution in [0.3, 0.4) is 0 Å². The van der Waals surface area contributed by atoms with Gasteiger partial charge in [-0.25, -0.2) is 9.98 Å². The van der Waals surface area contributed by atoms with Crippen molar-refractivity contribution in [2.45, 2.75) is 40.2 Å². The van der Waals surface area contributed by atoms with E-state index in [0.717, 1.165) is 24.9 Å². The predicted octanol–water partition coefficient (Wildman–Crippen LogP) is 2.32. The highest BCUT2D eigenvalue weighted by Gasteiger charge is 2.04. The van der Waals surface area contributed by atoms with Crippen LogP contribution in [0.4, 0.5) is 0 Å². The number of aliphatic imine (C=N–C) groups is 1. The summed E-state index contributed by atoms with van der Waals surface area (Å²) in [5, 5.41) is 3.11. The van der Waals surface area contributed by atoms with E-state index < -0.39 is 0 Å². The maximum atomic E-state index is 5.84. The quantitative estimate of drug-likeness (QED) is 0.565. The second kappa shape index (κ2) is 9.18. The van der Waals surface area contributed by atoms with Crippen LogP contribution in [0.5, 0.6) is 5.88 Å². The molecule has 0 aliphatic heterocycles. The molecule has 20 heavy (non-hydrogen) atoms. The number of nitrogens with zero attached hydrogens (tertiary/aromatic N) is 2. The zero-order valence-electron chi connectivity index (χ0n) is 12.7. The smallest absolute Gasteiger partial charge is 0.218 e. The van der Waals surface area contributed by atoms with Crippen molar-refractivity contribution < 1.29 is 4.74 Å². The van der Waals surface area contributed by atoms with Gasteiger partial charge in [-0.2, -0.15) is 0 Å². The van der Waals surface area contributed by atoms with Crippen LogP contribution in [-0.4, -0.2) is 24.1 Å². The fourth-order valence-electron chi connectivity index (χ4n) is 1.59. The molecule has 0 saturated heterocycles. The summed E-state index contributed by atoms with van der Waals surface area (Å²) in [6.45, 7) is 8.42. The summed E-state index contributed by atoms with van der Waals surface area (Å²) in [7, 11) is 0. The van der Waals surface area contributed by atoms with Crippen molar-refractivity contribution in [3.05, 3.63) is 23.9 Å². The molecule has 0 saturated carbocycles. The van der Waals surface area contributed by atoms with Crippen molar-refractivity contribution in [3.8, 4) is 5.88 Å². The normalized spacial score (nSPS) is 11.7. The molecular weight excluding hydrogens is 252 g/mol. The molecule has 0 spiro atoms. The maximum Gasteiger partial charge on any atom is 0.218 e. The Kier molecular flexibility index (Phi) is 7.47. The minimum Gasteiger partial charge on any atom is -0.477 e. The van der Waals surface area contributed by atoms with Gasteiger partial charge in [0.05, 0.1) is 13.2 Å². The lowest BCUT2D eigenvalue weighted by Gasteiger charge is -2.09. The molecule has 0 bridgehead atoms. The van der Waals surface area contributed by atoms with Crippen LogP contribution in [0, 0.1) is 5.92 Å². The largest absolute Gasteiger partial charge is 0.477 e. The van der Waals surface area contributed by atoms with Crippen molar-refractivity contribution in [2.75, 3.05) is 13.2 Å². The first-order valence-corrected chi connectivity index (χ1v) is 7.24. The first kappa shape index (κ1) is 16.3. The minimum absolute atomic E-state index is 0.468. The van der Waals surface area contributed by atoms with Crippen LogP contribution < -0.4 is 15.8 Å². The third-order valence-electron chi connectivity index (χ3n) is 2.74. The van der Waals surface area contributed by atoms with Crippen LogP contribution in [0.2, 0.25) is 0 Å². The fraction of sp³-hybridized carbons (Fsp3) is 0.600. The molecule has 1 heterocycles. The fourth-order valence-corrected chi connectivity index (χ4v) is 1.59. The third-order valence-corrected chi connectivity index (χ3v) is 2.74. The molecule has 0 aliphatic rings. The van der Waals surface area contributed by atoms with Crippen molar-refractivity contribution >= 4 is 5.96 Å². The van der Waals surface area contributed by atoms with E-state index in [-0.39, 0.29) is 0 Å². The van der Waals surface area contributed by atoms with E-state index in [9.17, 15) is 0 Å². The summed E-state index contributed by atoms with van der Waals surface area (Å²) >= 11 is 0. The predicted molar refractivity (Wildman–Crippen MR) is 82.8 cm³/mol. The zero-order valence-corrected chi connectivity index (χ0v) is 12.7. The number of hydrogen-bond donors (Lipinski definition) is 2. The maximum absolute atomic E-state index is 5.84. The summed E-state index contributed by atoms with van der Waals surface area (Å²) in [4.78, 5) is 8.55. The standard InChI is InChI=1S/C15H26N4O/c1-4-10-20-14-13(6-5-8-17-14)11-19-15(16)18-9-7-12(2)3/h5-6,8,12H,4,7,9-11H2,1-3H3,(H3,16,18,19). The number of aromatic nitrogens is 1. The van der Waals surface area contributed by atoms with Crippen molar-refractivity contribution in [1.29, 1.82) is 0 Å². The number of guanidine groups is 1. The Balaban J connectivity index is 2.50. The highest BCUT2D eigenvalue weighted by Crippen LogP contribution is 2.15. The van der Waals surface area contributed by atoms with Crippen LogP contribution in [-0.2, 0) is 6.54 Å². The lowest BCUT2D eigenvalue weighted by Crippen LogP contribution is -2.32. The molecule has 1 aromatic rings. The molecule has 0 aliphatic carbocycles. The second-order valence-corrected chi connectivity index (χ2v) is 5.13. The summed E-state index contributed by atoms with van der Waals surface area (Å²) in [6.07, 6.45) is 3.76. The number of pyridine rings is 1. The molecule has 112 valence electrons. The van der Waals surface area contributed by atoms with Crippen molar-refractivity contribution in [1.82, 2.24) is 10.3 Å². The van der Waals surface area contributed by atoms with E-state index in [2.05, 4.69) is 36.1 Å². The SMILES string of the molecule is CCCOc1ncccc1CN=C(N)NCCC(C)C. The van der Waals surface area contributed by atoms with E-state index in [0.29, 0.717) is 30.9 Å². The van der Waals surface area contributed by atoms with E-state index in [1.54, 1.807) is 6.20 Å². The van der Waals surface area contributed by atoms with Gasteiger partial charge in [0.1, 0.15) is 0 Å². The Hall–Kier alpha value is -1.78. The highest BCUT2D eigenvalue weighted by atomic mass is 16.5. The average molecular weight is 278 g/mol. The molecule has 0 atom stereocenters. The van der Waals surface area contributed by atoms with Gasteiger partial charge in [0.15, 0.2) is 5.96 Å². The highest BCUT2D eigenvalue weighted by molar-refractivity contribution is 5.77. The first-order valence-electron chi connectivity index (χ1n) is 7.24. The molecule has 0 unspecified atom stereocenters. The summed E-state index contributed by atoms with van der Waals surface area (Å²) in [5.74, 6) is 1.77. The van der Waals surface area contributed by atoms with E-state index in [4.69, 9.17) is 10.5 Å². The molecule has 1 aromatic heterocycles. The summed E-state index contributed by atoms with van der Waals surface area (Å²) in [6, 6.07) is 3.84. The van der Waals surface area contributed by atoms with Crippen LogP contribution in [0.25, 0.3) is 0 Å². The molecule has 0 fully saturated rings. The van der Waals surface area contributed by atoms with Crippen molar-refractivity contribution in [3.63, 3.8) is 0 Å². The van der Waals surface area contributed by atoms with Gasteiger partial charge >= 0.3 is 0 Å². The topological polar surface area (TPSA) is 72.5 Å². The van der Waals surface area contributed by atoms with Gasteiger partial charge in [-0.3, -0.25) is 0 Å². The monoisotopic (exact) mass is 278 g/mol. The van der Waals surface area contributed by atoms with Gasteiger partial charge in [-0.05, 0) is 24.8 Å². The Morgan fingerprint density at radius 3 is 3.00 bits per heavy atom. The van der Waals surface area contributed by atoms with E-state index in [1.807, 2.05) is 12.1 Å². The molecule has 3 N–H and O–H groups in total. The summed E-state index contributed by atoms with van der Waals surface area (Å²) in [5.41, 5.74) is 6.79. The van der Waals surface area contributed by atoms with Gasteiger partial charge in [-0.1, -0.05) is 26.8 Å². The molecule has 5 heteroatoms. The second-order valence-electron chi connectivity index (χ2n) is 5.13. The van der Waals surface area contributed by atoms with E-state index >= 15 is 0 Å². The Morgan fingerprint density at radius 1 is 1.50 bits per heavy atom. The van der Waals surface area contributed by atoms with Crippen LogP contribution in [0.1, 0.15) is 39.2 Å². The molecule has 0 radical (unpaired) electrons. The van der Waals surface area contributed by atoms with Crippen molar-refractivity contribution in [2.24, 2.45) is 16.6 Å². The Labute approximate surface area is 121 Å². The molecule has 1 rings (SSSR count). The lowest BCUT2D eigenvalue weighted by molar-refractivity contribution is 0.302. The zero-order chi connectivity index (χ0) is 14.8. The first-order chi connectivity index (χ1) is 9.63. The van der Waals surface area contributed by atoms with Gasteiger partial charge in [0, 0.05) is 18.3 Å². The Morgan fingerprint density at radius 2 is 2.30 bits per heavy atom. The van der Waals surface area contributed by atoms with Gasteiger partial charge < -0.3 is 15.8 Å². The molecule has 0 amide bonds. The third kappa shape index (κ3) is 6.41.